The van der Waals surface area contributed by atoms with Crippen molar-refractivity contribution in [2.24, 2.45) is 0 Å². The lowest BCUT2D eigenvalue weighted by atomic mass is 10.4. The van der Waals surface area contributed by atoms with E-state index in [4.69, 9.17) is 4.74 Å². The maximum Gasteiger partial charge on any atom is 0.357 e. The lowest BCUT2D eigenvalue weighted by molar-refractivity contribution is 0.0520. The molecule has 1 atom stereocenters. The van der Waals surface area contributed by atoms with Crippen molar-refractivity contribution >= 4 is 28.6 Å². The third-order valence-electron chi connectivity index (χ3n) is 2.09. The van der Waals surface area contributed by atoms with E-state index in [0.29, 0.717) is 28.0 Å². The first-order valence-corrected chi connectivity index (χ1v) is 7.14. The molecular weight excluding hydrogens is 272 g/mol. The largest absolute Gasteiger partial charge is 0.461 e. The number of carbonyl (C=O) groups excluding carboxylic acids is 1. The Balaban J connectivity index is 2.21. The highest BCUT2D eigenvalue weighted by Gasteiger charge is 2.15. The van der Waals surface area contributed by atoms with Crippen molar-refractivity contribution in [1.29, 1.82) is 0 Å². The number of nitrogens with zero attached hydrogens (tertiary/aromatic N) is 2. The van der Waals surface area contributed by atoms with Crippen LogP contribution in [0.15, 0.2) is 10.8 Å². The van der Waals surface area contributed by atoms with Gasteiger partial charge in [0.25, 0.3) is 0 Å². The number of hydrogen-bond donors (Lipinski definition) is 1. The summed E-state index contributed by atoms with van der Waals surface area (Å²) in [6, 6.07) is 0. The number of ether oxygens (including phenoxy) is 1. The maximum atomic E-state index is 11.5. The number of aliphatic hydroxyl groups excluding tert-OH is 1. The average molecular weight is 284 g/mol. The summed E-state index contributed by atoms with van der Waals surface area (Å²) in [7, 11) is 0. The van der Waals surface area contributed by atoms with Crippen LogP contribution < -0.4 is 0 Å². The summed E-state index contributed by atoms with van der Waals surface area (Å²) in [5.41, 5.74) is 0.972. The molecule has 7 heteroatoms. The van der Waals surface area contributed by atoms with Gasteiger partial charge in [-0.15, -0.1) is 22.7 Å². The molecule has 18 heavy (non-hydrogen) atoms. The van der Waals surface area contributed by atoms with E-state index in [1.165, 1.54) is 22.7 Å². The zero-order chi connectivity index (χ0) is 13.1. The maximum absolute atomic E-state index is 11.5. The van der Waals surface area contributed by atoms with Crippen LogP contribution in [0.1, 0.15) is 35.4 Å². The number of esters is 1. The normalized spacial score (nSPS) is 12.4. The molecule has 0 aliphatic rings. The molecule has 2 aromatic heterocycles. The number of thiazole rings is 2. The number of rotatable bonds is 4. The Bertz CT molecular complexity index is 548. The molecule has 2 heterocycles. The van der Waals surface area contributed by atoms with Gasteiger partial charge < -0.3 is 9.84 Å². The second kappa shape index (κ2) is 5.55. The van der Waals surface area contributed by atoms with Crippen molar-refractivity contribution in [3.63, 3.8) is 0 Å². The average Bonchev–Trinajstić information content (AvgIpc) is 2.98. The molecule has 0 saturated heterocycles. The van der Waals surface area contributed by atoms with Crippen molar-refractivity contribution in [3.05, 3.63) is 21.5 Å². The Morgan fingerprint density at radius 1 is 1.44 bits per heavy atom. The molecule has 1 unspecified atom stereocenters. The van der Waals surface area contributed by atoms with E-state index in [-0.39, 0.29) is 0 Å². The zero-order valence-electron chi connectivity index (χ0n) is 9.91. The summed E-state index contributed by atoms with van der Waals surface area (Å²) >= 11 is 2.70. The Morgan fingerprint density at radius 2 is 2.22 bits per heavy atom. The van der Waals surface area contributed by atoms with Crippen LogP contribution in [0.4, 0.5) is 0 Å². The molecule has 1 N–H and O–H groups in total. The Morgan fingerprint density at radius 3 is 2.83 bits per heavy atom. The number of aliphatic hydroxyl groups is 1. The summed E-state index contributed by atoms with van der Waals surface area (Å²) in [5.74, 6) is -0.425. The van der Waals surface area contributed by atoms with Gasteiger partial charge in [-0.3, -0.25) is 0 Å². The molecule has 0 amide bonds. The van der Waals surface area contributed by atoms with Gasteiger partial charge in [0.1, 0.15) is 21.8 Å². The van der Waals surface area contributed by atoms with Crippen molar-refractivity contribution in [2.45, 2.75) is 20.0 Å². The second-order valence-electron chi connectivity index (χ2n) is 3.51. The van der Waals surface area contributed by atoms with E-state index < -0.39 is 12.1 Å². The van der Waals surface area contributed by atoms with E-state index in [1.54, 1.807) is 19.2 Å². The lowest BCUT2D eigenvalue weighted by Crippen LogP contribution is -2.04. The van der Waals surface area contributed by atoms with Gasteiger partial charge in [0.05, 0.1) is 6.61 Å². The van der Waals surface area contributed by atoms with Crippen LogP contribution in [0.5, 0.6) is 0 Å². The molecular formula is C11H12N2O3S2. The third kappa shape index (κ3) is 2.74. The van der Waals surface area contributed by atoms with Gasteiger partial charge in [-0.2, -0.15) is 0 Å². The minimum atomic E-state index is -0.590. The predicted molar refractivity (Wildman–Crippen MR) is 69.8 cm³/mol. The van der Waals surface area contributed by atoms with Crippen molar-refractivity contribution in [2.75, 3.05) is 6.61 Å². The number of aromatic nitrogens is 2. The van der Waals surface area contributed by atoms with E-state index in [1.807, 2.05) is 5.38 Å². The van der Waals surface area contributed by atoms with Crippen LogP contribution in [-0.4, -0.2) is 27.7 Å². The van der Waals surface area contributed by atoms with Crippen LogP contribution in [0.25, 0.3) is 10.7 Å². The Kier molecular flexibility index (Phi) is 4.05. The molecule has 5 nitrogen and oxygen atoms in total. The first-order valence-electron chi connectivity index (χ1n) is 5.38. The first kappa shape index (κ1) is 13.1. The highest BCUT2D eigenvalue weighted by atomic mass is 32.1. The topological polar surface area (TPSA) is 72.3 Å². The first-order chi connectivity index (χ1) is 8.61. The molecule has 0 spiro atoms. The summed E-state index contributed by atoms with van der Waals surface area (Å²) in [5, 5.41) is 14.2. The van der Waals surface area contributed by atoms with E-state index in [2.05, 4.69) is 9.97 Å². The fourth-order valence-corrected chi connectivity index (χ4v) is 2.84. The van der Waals surface area contributed by atoms with Gasteiger partial charge >= 0.3 is 5.97 Å². The minimum Gasteiger partial charge on any atom is -0.461 e. The fourth-order valence-electron chi connectivity index (χ4n) is 1.27. The molecule has 0 saturated carbocycles. The van der Waals surface area contributed by atoms with Gasteiger partial charge in [0.15, 0.2) is 5.69 Å². The summed E-state index contributed by atoms with van der Waals surface area (Å²) in [6.45, 7) is 3.74. The van der Waals surface area contributed by atoms with Gasteiger partial charge in [0, 0.05) is 10.8 Å². The third-order valence-corrected chi connectivity index (χ3v) is 3.97. The highest BCUT2D eigenvalue weighted by molar-refractivity contribution is 7.14. The Labute approximate surface area is 112 Å². The number of carbonyl (C=O) groups is 1. The van der Waals surface area contributed by atoms with Gasteiger partial charge in [-0.05, 0) is 13.8 Å². The van der Waals surface area contributed by atoms with Crippen molar-refractivity contribution < 1.29 is 14.6 Å². The molecule has 0 bridgehead atoms. The highest BCUT2D eigenvalue weighted by Crippen LogP contribution is 2.27. The van der Waals surface area contributed by atoms with E-state index >= 15 is 0 Å². The van der Waals surface area contributed by atoms with Crippen LogP contribution in [0, 0.1) is 0 Å². The second-order valence-corrected chi connectivity index (χ2v) is 5.25. The molecule has 0 radical (unpaired) electrons. The Hall–Kier alpha value is -1.31. The van der Waals surface area contributed by atoms with E-state index in [0.717, 1.165) is 0 Å². The van der Waals surface area contributed by atoms with E-state index in [9.17, 15) is 9.90 Å². The van der Waals surface area contributed by atoms with Crippen molar-refractivity contribution in [1.82, 2.24) is 9.97 Å². The molecule has 0 aliphatic heterocycles. The summed E-state index contributed by atoms with van der Waals surface area (Å²) in [6.07, 6.45) is -0.590. The molecule has 2 aromatic rings. The van der Waals surface area contributed by atoms with Crippen LogP contribution in [-0.2, 0) is 4.74 Å². The monoisotopic (exact) mass is 284 g/mol. The minimum absolute atomic E-state index is 0.295. The lowest BCUT2D eigenvalue weighted by Gasteiger charge is -1.96. The van der Waals surface area contributed by atoms with Gasteiger partial charge in [-0.1, -0.05) is 0 Å². The zero-order valence-corrected chi connectivity index (χ0v) is 11.5. The molecule has 0 fully saturated rings. The standard InChI is InChI=1S/C11H12N2O3S2/c1-3-16-11(15)8-5-18-10(13-8)7-4-17-9(12-7)6(2)14/h4-6,14H,3H2,1-2H3. The van der Waals surface area contributed by atoms with Gasteiger partial charge in [0.2, 0.25) is 0 Å². The SMILES string of the molecule is CCOC(=O)c1csc(-c2csc(C(C)O)n2)n1. The van der Waals surface area contributed by atoms with Crippen LogP contribution in [0.2, 0.25) is 0 Å². The van der Waals surface area contributed by atoms with Crippen LogP contribution in [0.3, 0.4) is 0 Å². The molecule has 96 valence electrons. The van der Waals surface area contributed by atoms with Crippen molar-refractivity contribution in [3.8, 4) is 10.7 Å². The molecule has 0 aliphatic carbocycles. The summed E-state index contributed by atoms with van der Waals surface area (Å²) in [4.78, 5) is 19.9. The smallest absolute Gasteiger partial charge is 0.357 e. The van der Waals surface area contributed by atoms with Crippen LogP contribution >= 0.6 is 22.7 Å². The molecule has 0 aromatic carbocycles. The number of hydrogen-bond acceptors (Lipinski definition) is 7. The van der Waals surface area contributed by atoms with Gasteiger partial charge in [-0.25, -0.2) is 14.8 Å². The summed E-state index contributed by atoms with van der Waals surface area (Å²) < 4.78 is 4.87. The fraction of sp³-hybridized carbons (Fsp3) is 0.364. The predicted octanol–water partition coefficient (Wildman–Crippen LogP) is 2.50. The molecule has 2 rings (SSSR count). The quantitative estimate of drug-likeness (QED) is 0.873.